The number of hydrogen-bond acceptors (Lipinski definition) is 0. The summed E-state index contributed by atoms with van der Waals surface area (Å²) in [5, 5.41) is 5.30. The van der Waals surface area contributed by atoms with E-state index in [0.717, 1.165) is 0 Å². The summed E-state index contributed by atoms with van der Waals surface area (Å²) >= 11 is 0. The van der Waals surface area contributed by atoms with Crippen molar-refractivity contribution in [2.75, 3.05) is 0 Å². The van der Waals surface area contributed by atoms with E-state index in [0.29, 0.717) is 0 Å². The van der Waals surface area contributed by atoms with Gasteiger partial charge in [0.05, 0.1) is 5.41 Å². The molecule has 6 aliphatic rings. The molecule has 0 amide bonds. The van der Waals surface area contributed by atoms with Crippen LogP contribution in [0.1, 0.15) is 170 Å². The van der Waals surface area contributed by atoms with Crippen molar-refractivity contribution in [1.29, 1.82) is 0 Å². The maximum absolute atomic E-state index is 2.66. The number of fused-ring (bicyclic) bond motifs is 27. The Morgan fingerprint density at radius 2 is 0.758 bits per heavy atom. The van der Waals surface area contributed by atoms with E-state index in [1.165, 1.54) is 188 Å². The molecular formula is C91H72. The van der Waals surface area contributed by atoms with Gasteiger partial charge >= 0.3 is 0 Å². The van der Waals surface area contributed by atoms with Crippen LogP contribution in [0.15, 0.2) is 243 Å². The first-order chi connectivity index (χ1) is 44.0. The third-order valence-corrected chi connectivity index (χ3v) is 23.6. The second kappa shape index (κ2) is 17.9. The Labute approximate surface area is 536 Å². The van der Waals surface area contributed by atoms with E-state index >= 15 is 0 Å². The molecule has 19 rings (SSSR count). The molecule has 2 unspecified atom stereocenters. The van der Waals surface area contributed by atoms with Gasteiger partial charge < -0.3 is 0 Å². The molecule has 13 aromatic carbocycles. The minimum Gasteiger partial charge on any atom is -0.0619 e. The van der Waals surface area contributed by atoms with Crippen LogP contribution in [0.5, 0.6) is 0 Å². The second-order valence-corrected chi connectivity index (χ2v) is 30.2. The molecule has 0 radical (unpaired) electrons. The van der Waals surface area contributed by atoms with Crippen molar-refractivity contribution in [3.63, 3.8) is 0 Å². The molecule has 0 fully saturated rings. The molecule has 0 heteroatoms. The van der Waals surface area contributed by atoms with E-state index in [4.69, 9.17) is 0 Å². The van der Waals surface area contributed by atoms with Crippen molar-refractivity contribution >= 4 is 21.5 Å². The maximum atomic E-state index is 2.66. The fourth-order valence-electron chi connectivity index (χ4n) is 19.3. The monoisotopic (exact) mass is 1160 g/mol. The Hall–Kier alpha value is -9.62. The van der Waals surface area contributed by atoms with Crippen LogP contribution in [-0.2, 0) is 27.1 Å². The van der Waals surface area contributed by atoms with Gasteiger partial charge in [-0.05, 0) is 212 Å². The summed E-state index contributed by atoms with van der Waals surface area (Å²) < 4.78 is 0. The Balaban J connectivity index is 0.833. The van der Waals surface area contributed by atoms with Gasteiger partial charge in [-0.2, -0.15) is 0 Å². The van der Waals surface area contributed by atoms with Crippen LogP contribution in [0, 0.1) is 0 Å². The average molecular weight is 1170 g/mol. The lowest BCUT2D eigenvalue weighted by Crippen LogP contribution is -2.26. The molecule has 2 atom stereocenters. The minimum atomic E-state index is -0.468. The van der Waals surface area contributed by atoms with Crippen molar-refractivity contribution in [1.82, 2.24) is 0 Å². The van der Waals surface area contributed by atoms with Gasteiger partial charge in [-0.3, -0.25) is 0 Å². The lowest BCUT2D eigenvalue weighted by atomic mass is 9.69. The summed E-state index contributed by atoms with van der Waals surface area (Å²) in [7, 11) is 0. The van der Waals surface area contributed by atoms with Crippen LogP contribution in [0.2, 0.25) is 0 Å². The summed E-state index contributed by atoms with van der Waals surface area (Å²) in [6, 6.07) is 95.5. The molecule has 0 aromatic heterocycles. The maximum Gasteiger partial charge on any atom is 0.0725 e. The Morgan fingerprint density at radius 1 is 0.308 bits per heavy atom. The van der Waals surface area contributed by atoms with E-state index in [1.807, 2.05) is 0 Å². The smallest absolute Gasteiger partial charge is 0.0619 e. The molecule has 0 aliphatic heterocycles. The fourth-order valence-corrected chi connectivity index (χ4v) is 19.3. The van der Waals surface area contributed by atoms with E-state index in [1.54, 1.807) is 0 Å². The summed E-state index contributed by atoms with van der Waals surface area (Å²) in [4.78, 5) is 0. The predicted molar refractivity (Wildman–Crippen MR) is 381 cm³/mol. The summed E-state index contributed by atoms with van der Waals surface area (Å²) in [5.74, 6) is 0.158. The molecule has 0 N–H and O–H groups in total. The zero-order valence-corrected chi connectivity index (χ0v) is 53.7. The topological polar surface area (TPSA) is 0 Å². The minimum absolute atomic E-state index is 0.0338. The van der Waals surface area contributed by atoms with Gasteiger partial charge in [0.1, 0.15) is 0 Å². The van der Waals surface area contributed by atoms with Crippen LogP contribution in [-0.4, -0.2) is 0 Å². The SMILES string of the molecule is CC1c2ccccc2-c2c3c(cc(-c4ccccc4C(C)(C)C)c21)C(C)(C)c1cc(C(c2ccc4c(c2)C(C)(C)c2cc5c(cc2-4)C(C)(C)c2ccc4ccc6ccccc6c4c2-5)c2ccc4c(c2)C2(c5ccccc5-c5ccccc52)c2ccccc2-4)ccc1-3. The number of rotatable bonds is 4. The van der Waals surface area contributed by atoms with Gasteiger partial charge in [0, 0.05) is 28.1 Å². The fraction of sp³-hybridized carbons (Fsp3) is 0.187. The standard InChI is InChI=1S/C91H72/c1-51-57-24-13-14-30-65(57)86-81(51)68(62-29-15-19-31-70(62)87(2,3)4)49-80-84(86)66-43-39-55(46-76(66)90(80,9)10)82(56-37-41-63-61-28-18-22-34-73(61)91(79(63)47-56)71-32-20-16-26-59(71)60-27-17-21-33-72(60)91)54-38-42-64-67-48-78-69(50-77(67)89(7,8)75(64)45-54)85-74(88(78,5)6)44-40-53-36-35-52-23-11-12-25-58(52)83(53)85/h11-51,82H,1-10H3. The largest absolute Gasteiger partial charge is 0.0725 e. The molecule has 0 bridgehead atoms. The van der Waals surface area contributed by atoms with E-state index in [2.05, 4.69) is 312 Å². The quantitative estimate of drug-likeness (QED) is 0.122. The Bertz CT molecular complexity index is 5380. The molecule has 0 nitrogen and oxygen atoms in total. The first-order valence-corrected chi connectivity index (χ1v) is 33.3. The highest BCUT2D eigenvalue weighted by Crippen LogP contribution is 2.66. The normalized spacial score (nSPS) is 17.1. The number of benzene rings is 13. The van der Waals surface area contributed by atoms with Crippen molar-refractivity contribution < 1.29 is 0 Å². The van der Waals surface area contributed by atoms with Gasteiger partial charge in [0.2, 0.25) is 0 Å². The van der Waals surface area contributed by atoms with Gasteiger partial charge in [-0.15, -0.1) is 0 Å². The van der Waals surface area contributed by atoms with Crippen molar-refractivity contribution in [2.24, 2.45) is 0 Å². The first-order valence-electron chi connectivity index (χ1n) is 33.3. The average Bonchev–Trinajstić information content (AvgIpc) is 1.53. The van der Waals surface area contributed by atoms with Gasteiger partial charge in [0.15, 0.2) is 0 Å². The summed E-state index contributed by atoms with van der Waals surface area (Å²) in [6.45, 7) is 24.5. The lowest BCUT2D eigenvalue weighted by Gasteiger charge is -2.31. The van der Waals surface area contributed by atoms with Gasteiger partial charge in [-0.25, -0.2) is 0 Å². The zero-order chi connectivity index (χ0) is 61.6. The Kier molecular flexibility index (Phi) is 10.5. The highest BCUT2D eigenvalue weighted by Gasteiger charge is 2.52. The van der Waals surface area contributed by atoms with Crippen LogP contribution in [0.25, 0.3) is 99.4 Å². The second-order valence-electron chi connectivity index (χ2n) is 30.2. The van der Waals surface area contributed by atoms with Crippen molar-refractivity contribution in [3.05, 3.63) is 332 Å². The van der Waals surface area contributed by atoms with Gasteiger partial charge in [-0.1, -0.05) is 294 Å². The third-order valence-electron chi connectivity index (χ3n) is 23.6. The van der Waals surface area contributed by atoms with Crippen LogP contribution in [0.3, 0.4) is 0 Å². The molecule has 0 heterocycles. The molecule has 0 saturated carbocycles. The zero-order valence-electron chi connectivity index (χ0n) is 53.7. The molecule has 1 spiro atoms. The van der Waals surface area contributed by atoms with Crippen molar-refractivity contribution in [2.45, 2.75) is 108 Å². The number of hydrogen-bond donors (Lipinski definition) is 0. The van der Waals surface area contributed by atoms with Crippen LogP contribution < -0.4 is 0 Å². The van der Waals surface area contributed by atoms with E-state index < -0.39 is 5.41 Å². The van der Waals surface area contributed by atoms with E-state index in [9.17, 15) is 0 Å². The van der Waals surface area contributed by atoms with Crippen LogP contribution in [0.4, 0.5) is 0 Å². The predicted octanol–water partition coefficient (Wildman–Crippen LogP) is 23.5. The lowest BCUT2D eigenvalue weighted by molar-refractivity contribution is 0.592. The molecule has 6 aliphatic carbocycles. The van der Waals surface area contributed by atoms with Gasteiger partial charge in [0.25, 0.3) is 0 Å². The van der Waals surface area contributed by atoms with Crippen molar-refractivity contribution in [3.8, 4) is 77.9 Å². The third kappa shape index (κ3) is 6.71. The molecule has 91 heavy (non-hydrogen) atoms. The van der Waals surface area contributed by atoms with Crippen LogP contribution >= 0.6 is 0 Å². The summed E-state index contributed by atoms with van der Waals surface area (Å²) in [6.07, 6.45) is 0. The molecule has 13 aromatic rings. The highest BCUT2D eigenvalue weighted by atomic mass is 14.5. The first kappa shape index (κ1) is 53.2. The Morgan fingerprint density at radius 3 is 1.42 bits per heavy atom. The molecular weight excluding hydrogens is 1090 g/mol. The molecule has 0 saturated heterocycles. The van der Waals surface area contributed by atoms with E-state index in [-0.39, 0.29) is 33.5 Å². The summed E-state index contributed by atoms with van der Waals surface area (Å²) in [5.41, 5.74) is 40.1. The molecule has 436 valence electrons. The highest BCUT2D eigenvalue weighted by molar-refractivity contribution is 6.17.